The highest BCUT2D eigenvalue weighted by atomic mass is 16.8. The molecule has 6 aliphatic heterocycles. The third-order valence-corrected chi connectivity index (χ3v) is 18.6. The molecule has 0 aliphatic carbocycles. The van der Waals surface area contributed by atoms with Gasteiger partial charge < -0.3 is 107 Å². The topological polar surface area (TPSA) is 359 Å². The molecule has 0 spiro atoms. The molecule has 27 unspecified atom stereocenters. The molecule has 1 aromatic carbocycles. The van der Waals surface area contributed by atoms with Crippen LogP contribution < -0.4 is 0 Å². The summed E-state index contributed by atoms with van der Waals surface area (Å²) in [7, 11) is 0. The molecular weight excluding hydrogens is 1230 g/mol. The van der Waals surface area contributed by atoms with Gasteiger partial charge in [-0.2, -0.15) is 0 Å². The van der Waals surface area contributed by atoms with Gasteiger partial charge in [-0.05, 0) is 71.4 Å². The maximum Gasteiger partial charge on any atom is 0.331 e. The number of rotatable bonds is 24. The quantitative estimate of drug-likeness (QED) is 0.0292. The lowest BCUT2D eigenvalue weighted by Crippen LogP contribution is -2.68. The number of benzene rings is 1. The van der Waals surface area contributed by atoms with Crippen LogP contribution in [0.2, 0.25) is 0 Å². The van der Waals surface area contributed by atoms with Gasteiger partial charge in [-0.25, -0.2) is 4.79 Å². The number of esters is 4. The number of aliphatic hydroxyl groups excluding tert-OH is 8. The number of unbranched alkanes of at least 4 members (excludes halogenated alkanes) is 6. The van der Waals surface area contributed by atoms with Gasteiger partial charge in [0.05, 0.1) is 43.0 Å². The zero-order valence-electron chi connectivity index (χ0n) is 55.9. The number of hydrogen-bond donors (Lipinski definition) is 8. The molecule has 94 heavy (non-hydrogen) atoms. The molecule has 1 aromatic rings. The Kier molecular flexibility index (Phi) is 31.7. The number of carbonyl (C=O) groups excluding carboxylic acids is 4. The predicted molar refractivity (Wildman–Crippen MR) is 333 cm³/mol. The molecule has 7 rings (SSSR count). The molecule has 6 heterocycles. The van der Waals surface area contributed by atoms with Gasteiger partial charge in [0.25, 0.3) is 0 Å². The molecule has 0 amide bonds. The third kappa shape index (κ3) is 21.3. The summed E-state index contributed by atoms with van der Waals surface area (Å²) in [4.78, 5) is 55.5. The van der Waals surface area contributed by atoms with Crippen molar-refractivity contribution in [2.75, 3.05) is 6.61 Å². The zero-order chi connectivity index (χ0) is 68.2. The van der Waals surface area contributed by atoms with E-state index in [2.05, 4.69) is 13.8 Å². The second kappa shape index (κ2) is 38.5. The first-order valence-corrected chi connectivity index (χ1v) is 34.5. The molecule has 0 radical (unpaired) electrons. The number of hydrogen-bond acceptors (Lipinski definition) is 26. The molecule has 6 saturated heterocycles. The molecule has 536 valence electrons. The number of carbonyl (C=O) groups is 4. The van der Waals surface area contributed by atoms with E-state index >= 15 is 0 Å². The van der Waals surface area contributed by atoms with Crippen LogP contribution in [0.5, 0.6) is 0 Å². The summed E-state index contributed by atoms with van der Waals surface area (Å²) in [5, 5.41) is 92.0. The molecule has 6 aliphatic rings. The van der Waals surface area contributed by atoms with Gasteiger partial charge in [-0.3, -0.25) is 14.4 Å². The Hall–Kier alpha value is -3.88. The molecule has 26 heteroatoms. The maximum absolute atomic E-state index is 14.3. The Morgan fingerprint density at radius 1 is 0.543 bits per heavy atom. The first kappa shape index (κ1) is 77.5. The van der Waals surface area contributed by atoms with Crippen molar-refractivity contribution in [3.63, 3.8) is 0 Å². The Morgan fingerprint density at radius 3 is 1.85 bits per heavy atom. The lowest BCUT2D eigenvalue weighted by molar-refractivity contribution is -0.400. The largest absolute Gasteiger partial charge is 0.455 e. The van der Waals surface area contributed by atoms with Crippen molar-refractivity contribution in [2.24, 2.45) is 5.92 Å². The number of fused-ring (bicyclic) bond motifs is 2. The fraction of sp³-hybridized carbons (Fsp3) is 0.824. The summed E-state index contributed by atoms with van der Waals surface area (Å²) in [5.41, 5.74) is 0.654. The summed E-state index contributed by atoms with van der Waals surface area (Å²) in [5.74, 6) is -3.95. The first-order valence-electron chi connectivity index (χ1n) is 34.5. The van der Waals surface area contributed by atoms with Crippen molar-refractivity contribution in [1.29, 1.82) is 0 Å². The van der Waals surface area contributed by atoms with Crippen LogP contribution in [0.25, 0.3) is 6.08 Å². The van der Waals surface area contributed by atoms with E-state index in [9.17, 15) is 60.0 Å². The van der Waals surface area contributed by atoms with Crippen molar-refractivity contribution >= 4 is 30.0 Å². The minimum Gasteiger partial charge on any atom is -0.455 e. The van der Waals surface area contributed by atoms with Gasteiger partial charge in [-0.15, -0.1) is 0 Å². The smallest absolute Gasteiger partial charge is 0.331 e. The van der Waals surface area contributed by atoms with Crippen LogP contribution in [-0.4, -0.2) is 231 Å². The van der Waals surface area contributed by atoms with E-state index in [1.165, 1.54) is 26.8 Å². The van der Waals surface area contributed by atoms with Gasteiger partial charge >= 0.3 is 23.9 Å². The van der Waals surface area contributed by atoms with Gasteiger partial charge in [0.1, 0.15) is 73.2 Å². The molecule has 27 atom stereocenters. The normalized spacial score (nSPS) is 39.4. The molecule has 8 N–H and O–H groups in total. The van der Waals surface area contributed by atoms with E-state index < -0.39 is 190 Å². The Balaban J connectivity index is 1.24. The van der Waals surface area contributed by atoms with Crippen molar-refractivity contribution < 1.29 is 126 Å². The number of aliphatic hydroxyl groups is 8. The van der Waals surface area contributed by atoms with Gasteiger partial charge in [-0.1, -0.05) is 141 Å². The van der Waals surface area contributed by atoms with Crippen LogP contribution in [0.15, 0.2) is 36.4 Å². The summed E-state index contributed by atoms with van der Waals surface area (Å²) in [6.07, 6.45) is -23.9. The third-order valence-electron chi connectivity index (χ3n) is 18.6. The van der Waals surface area contributed by atoms with E-state index in [0.717, 1.165) is 89.5 Å². The lowest BCUT2D eigenvalue weighted by Gasteiger charge is -2.51. The molecule has 0 saturated carbocycles. The van der Waals surface area contributed by atoms with Crippen molar-refractivity contribution in [2.45, 2.75) is 343 Å². The predicted octanol–water partition coefficient (Wildman–Crippen LogP) is 5.01. The first-order chi connectivity index (χ1) is 45.1. The lowest BCUT2D eigenvalue weighted by atomic mass is 9.95. The van der Waals surface area contributed by atoms with Gasteiger partial charge in [0.15, 0.2) is 55.9 Å². The minimum atomic E-state index is -2.06. The number of ether oxygens (including phenoxy) is 14. The minimum absolute atomic E-state index is 0.0221. The van der Waals surface area contributed by atoms with Crippen LogP contribution in [0, 0.1) is 5.92 Å². The Labute approximate surface area is 552 Å². The fourth-order valence-electron chi connectivity index (χ4n) is 12.7. The summed E-state index contributed by atoms with van der Waals surface area (Å²) < 4.78 is 88.9. The van der Waals surface area contributed by atoms with Gasteiger partial charge in [0.2, 0.25) is 0 Å². The second-order valence-electron chi connectivity index (χ2n) is 26.1. The SMILES string of the molecule is CCCCCCCC(=O)OC1C(C)OC(OC2C(C)OC(OC3C(C)OC4OC5C(OC(CCCCC)CCCCCCCCCC(=O)OC4C3O)OC(C)C(O)C5O)C(OC(=O)C(C)CC)C2OC2OC(CO)C(O)C(O)C2O)C(O)C1OC(=O)C=Cc1ccccc1. The van der Waals surface area contributed by atoms with Crippen LogP contribution >= 0.6 is 0 Å². The molecule has 26 nitrogen and oxygen atoms in total. The second-order valence-corrected chi connectivity index (χ2v) is 26.1. The average Bonchev–Trinajstić information content (AvgIpc) is 0.771. The molecule has 0 aromatic heterocycles. The molecule has 0 bridgehead atoms. The van der Waals surface area contributed by atoms with Crippen molar-refractivity contribution in [3.8, 4) is 0 Å². The summed E-state index contributed by atoms with van der Waals surface area (Å²) in [6, 6.07) is 8.85. The Morgan fingerprint density at radius 2 is 1.15 bits per heavy atom. The van der Waals surface area contributed by atoms with E-state index in [4.69, 9.17) is 66.3 Å². The van der Waals surface area contributed by atoms with Crippen LogP contribution in [-0.2, 0) is 85.5 Å². The van der Waals surface area contributed by atoms with E-state index in [1.54, 1.807) is 51.1 Å². The Bertz CT molecular complexity index is 2440. The molecular formula is C68H108O26. The van der Waals surface area contributed by atoms with E-state index in [1.807, 2.05) is 0 Å². The van der Waals surface area contributed by atoms with Crippen LogP contribution in [0.1, 0.15) is 189 Å². The average molecular weight is 1340 g/mol. The zero-order valence-corrected chi connectivity index (χ0v) is 55.9. The highest BCUT2D eigenvalue weighted by molar-refractivity contribution is 5.87. The fourth-order valence-corrected chi connectivity index (χ4v) is 12.7. The van der Waals surface area contributed by atoms with Crippen molar-refractivity contribution in [1.82, 2.24) is 0 Å². The van der Waals surface area contributed by atoms with E-state index in [-0.39, 0.29) is 25.4 Å². The maximum atomic E-state index is 14.3. The van der Waals surface area contributed by atoms with Crippen LogP contribution in [0.4, 0.5) is 0 Å². The summed E-state index contributed by atoms with van der Waals surface area (Å²) >= 11 is 0. The summed E-state index contributed by atoms with van der Waals surface area (Å²) in [6.45, 7) is 12.7. The van der Waals surface area contributed by atoms with Gasteiger partial charge in [0, 0.05) is 18.9 Å². The highest BCUT2D eigenvalue weighted by Gasteiger charge is 2.59. The molecule has 6 fully saturated rings. The highest BCUT2D eigenvalue weighted by Crippen LogP contribution is 2.40. The van der Waals surface area contributed by atoms with E-state index in [0.29, 0.717) is 31.2 Å². The monoisotopic (exact) mass is 1340 g/mol. The van der Waals surface area contributed by atoms with Crippen molar-refractivity contribution in [3.05, 3.63) is 42.0 Å². The van der Waals surface area contributed by atoms with Crippen LogP contribution in [0.3, 0.4) is 0 Å². The standard InChI is InChI=1S/C68H108O26/c1-9-12-14-18-26-32-45(70)87-56-40(7)82-65(54(79)58(56)88-47(72)35-34-42-28-23-21-24-29-42)92-57-41(8)84-68(62(90-63(80)37(4)11-3)61(57)94-64-52(77)50(75)49(74)44(36-69)86-64)91-55-39(6)83-67-60(53(55)78)89-46(71)33-27-20-17-15-16-19-25-31-43(30-22-13-10-2)85-66-59(93-67)51(76)48(73)38(5)81-66/h21,23-24,28-29,34-35,37-41,43-44,48-62,64-69,73-79H,9-20,22,25-27,30-33,36H2,1-8H3.